The number of urea groups is 1. The lowest BCUT2D eigenvalue weighted by molar-refractivity contribution is -0.128. The van der Waals surface area contributed by atoms with Gasteiger partial charge in [-0.25, -0.2) is 9.78 Å². The summed E-state index contributed by atoms with van der Waals surface area (Å²) in [5.74, 6) is -0.0523. The first-order valence-corrected chi connectivity index (χ1v) is 7.14. The number of fused-ring (bicyclic) bond motifs is 1. The molecule has 2 fully saturated rings. The van der Waals surface area contributed by atoms with Crippen molar-refractivity contribution in [2.75, 3.05) is 6.54 Å². The van der Waals surface area contributed by atoms with Gasteiger partial charge in [0.05, 0.1) is 17.2 Å². The van der Waals surface area contributed by atoms with E-state index in [0.29, 0.717) is 13.1 Å². The van der Waals surface area contributed by atoms with Crippen molar-refractivity contribution >= 4 is 23.3 Å². The van der Waals surface area contributed by atoms with Gasteiger partial charge < -0.3 is 4.90 Å². The van der Waals surface area contributed by atoms with E-state index in [1.807, 2.05) is 12.3 Å². The highest BCUT2D eigenvalue weighted by molar-refractivity contribution is 7.09. The van der Waals surface area contributed by atoms with Gasteiger partial charge in [-0.3, -0.25) is 9.69 Å². The minimum atomic E-state index is -0.207. The molecular formula is C12H15N3O2S. The second-order valence-electron chi connectivity index (χ2n) is 4.64. The van der Waals surface area contributed by atoms with E-state index < -0.39 is 0 Å². The Hall–Kier alpha value is -1.43. The summed E-state index contributed by atoms with van der Waals surface area (Å²) in [6.45, 7) is 3.08. The highest BCUT2D eigenvalue weighted by Gasteiger charge is 2.47. The van der Waals surface area contributed by atoms with E-state index in [1.54, 1.807) is 16.2 Å². The summed E-state index contributed by atoms with van der Waals surface area (Å²) in [5, 5.41) is 2.98. The Kier molecular flexibility index (Phi) is 2.81. The molecule has 0 spiro atoms. The highest BCUT2D eigenvalue weighted by Crippen LogP contribution is 2.28. The van der Waals surface area contributed by atoms with Gasteiger partial charge in [0.2, 0.25) is 0 Å². The maximum Gasteiger partial charge on any atom is 0.327 e. The molecule has 0 aliphatic carbocycles. The van der Waals surface area contributed by atoms with Crippen LogP contribution in [0.5, 0.6) is 0 Å². The number of nitrogens with zero attached hydrogens (tertiary/aromatic N) is 3. The standard InChI is InChI=1S/C12H15N3O2S/c1-2-10-13-8(7-18-10)6-15-11(16)9-4-3-5-14(9)12(15)17/h7,9H,2-6H2,1H3. The molecule has 2 saturated heterocycles. The molecule has 0 aromatic carbocycles. The Balaban J connectivity index is 1.77. The molecular weight excluding hydrogens is 250 g/mol. The van der Waals surface area contributed by atoms with E-state index in [9.17, 15) is 9.59 Å². The van der Waals surface area contributed by atoms with Crippen molar-refractivity contribution in [1.29, 1.82) is 0 Å². The number of hydrogen-bond acceptors (Lipinski definition) is 4. The van der Waals surface area contributed by atoms with Crippen LogP contribution in [0.15, 0.2) is 5.38 Å². The molecule has 0 N–H and O–H groups in total. The lowest BCUT2D eigenvalue weighted by Gasteiger charge is -2.14. The molecule has 1 unspecified atom stereocenters. The molecule has 5 nitrogen and oxygen atoms in total. The van der Waals surface area contributed by atoms with Crippen LogP contribution in [0.2, 0.25) is 0 Å². The van der Waals surface area contributed by atoms with Crippen LogP contribution >= 0.6 is 11.3 Å². The molecule has 1 atom stereocenters. The van der Waals surface area contributed by atoms with Gasteiger partial charge in [-0.15, -0.1) is 11.3 Å². The number of amides is 3. The predicted octanol–water partition coefficient (Wildman–Crippen LogP) is 1.63. The predicted molar refractivity (Wildman–Crippen MR) is 67.2 cm³/mol. The molecule has 6 heteroatoms. The molecule has 1 aromatic rings. The molecule has 2 aliphatic heterocycles. The summed E-state index contributed by atoms with van der Waals surface area (Å²) in [4.78, 5) is 31.6. The topological polar surface area (TPSA) is 53.5 Å². The maximum absolute atomic E-state index is 12.1. The summed E-state index contributed by atoms with van der Waals surface area (Å²) < 4.78 is 0. The number of hydrogen-bond donors (Lipinski definition) is 0. The molecule has 0 radical (unpaired) electrons. The highest BCUT2D eigenvalue weighted by atomic mass is 32.1. The molecule has 96 valence electrons. The number of thiazole rings is 1. The van der Waals surface area contributed by atoms with E-state index >= 15 is 0 Å². The van der Waals surface area contributed by atoms with Crippen molar-refractivity contribution in [3.63, 3.8) is 0 Å². The van der Waals surface area contributed by atoms with E-state index in [1.165, 1.54) is 4.90 Å². The van der Waals surface area contributed by atoms with Crippen molar-refractivity contribution in [1.82, 2.24) is 14.8 Å². The van der Waals surface area contributed by atoms with Gasteiger partial charge in [-0.05, 0) is 19.3 Å². The minimum absolute atomic E-state index is 0.0523. The van der Waals surface area contributed by atoms with Crippen molar-refractivity contribution in [2.45, 2.75) is 38.8 Å². The number of aryl methyl sites for hydroxylation is 1. The Bertz CT molecular complexity index is 477. The van der Waals surface area contributed by atoms with Gasteiger partial charge >= 0.3 is 6.03 Å². The Morgan fingerprint density at radius 3 is 3.00 bits per heavy atom. The van der Waals surface area contributed by atoms with Crippen LogP contribution in [0, 0.1) is 0 Å². The fraction of sp³-hybridized carbons (Fsp3) is 0.583. The van der Waals surface area contributed by atoms with Gasteiger partial charge in [-0.2, -0.15) is 0 Å². The number of rotatable bonds is 3. The molecule has 3 amide bonds. The lowest BCUT2D eigenvalue weighted by atomic mass is 10.2. The van der Waals surface area contributed by atoms with E-state index in [-0.39, 0.29) is 18.0 Å². The smallest absolute Gasteiger partial charge is 0.312 e. The third-order valence-corrected chi connectivity index (χ3v) is 4.54. The van der Waals surface area contributed by atoms with Crippen LogP contribution in [0.25, 0.3) is 0 Å². The zero-order chi connectivity index (χ0) is 12.7. The van der Waals surface area contributed by atoms with E-state index in [0.717, 1.165) is 30.0 Å². The number of carbonyl (C=O) groups is 2. The normalized spacial score (nSPS) is 23.1. The van der Waals surface area contributed by atoms with Gasteiger partial charge in [0, 0.05) is 11.9 Å². The zero-order valence-corrected chi connectivity index (χ0v) is 11.1. The Morgan fingerprint density at radius 1 is 1.50 bits per heavy atom. The molecule has 3 heterocycles. The van der Waals surface area contributed by atoms with Gasteiger partial charge in [0.15, 0.2) is 0 Å². The van der Waals surface area contributed by atoms with Crippen LogP contribution in [0.4, 0.5) is 4.79 Å². The summed E-state index contributed by atoms with van der Waals surface area (Å²) >= 11 is 1.58. The quantitative estimate of drug-likeness (QED) is 0.781. The third kappa shape index (κ3) is 1.71. The van der Waals surface area contributed by atoms with E-state index in [2.05, 4.69) is 4.98 Å². The first kappa shape index (κ1) is 11.6. The third-order valence-electron chi connectivity index (χ3n) is 3.50. The molecule has 2 aliphatic rings. The largest absolute Gasteiger partial charge is 0.327 e. The SMILES string of the molecule is CCc1nc(CN2C(=O)C3CCCN3C2=O)cs1. The zero-order valence-electron chi connectivity index (χ0n) is 10.3. The second kappa shape index (κ2) is 4.35. The van der Waals surface area contributed by atoms with Crippen LogP contribution < -0.4 is 0 Å². The Labute approximate surface area is 109 Å². The van der Waals surface area contributed by atoms with Crippen molar-refractivity contribution < 1.29 is 9.59 Å². The molecule has 0 saturated carbocycles. The Morgan fingerprint density at radius 2 is 2.33 bits per heavy atom. The first-order valence-electron chi connectivity index (χ1n) is 6.26. The van der Waals surface area contributed by atoms with Crippen LogP contribution in [0.1, 0.15) is 30.5 Å². The van der Waals surface area contributed by atoms with Gasteiger partial charge in [0.25, 0.3) is 5.91 Å². The van der Waals surface area contributed by atoms with Crippen LogP contribution in [-0.4, -0.2) is 39.3 Å². The average Bonchev–Trinajstić information content (AvgIpc) is 3.06. The maximum atomic E-state index is 12.1. The number of imide groups is 1. The van der Waals surface area contributed by atoms with Crippen LogP contribution in [-0.2, 0) is 17.8 Å². The van der Waals surface area contributed by atoms with Crippen LogP contribution in [0.3, 0.4) is 0 Å². The first-order chi connectivity index (χ1) is 8.70. The monoisotopic (exact) mass is 265 g/mol. The molecule has 18 heavy (non-hydrogen) atoms. The number of aromatic nitrogens is 1. The fourth-order valence-electron chi connectivity index (χ4n) is 2.57. The van der Waals surface area contributed by atoms with Crippen molar-refractivity contribution in [3.8, 4) is 0 Å². The molecule has 1 aromatic heterocycles. The summed E-state index contributed by atoms with van der Waals surface area (Å²) in [6, 6.07) is -0.352. The fourth-order valence-corrected chi connectivity index (χ4v) is 3.31. The molecule has 0 bridgehead atoms. The average molecular weight is 265 g/mol. The van der Waals surface area contributed by atoms with Crippen molar-refractivity contribution in [2.24, 2.45) is 0 Å². The number of carbonyl (C=O) groups excluding carboxylic acids is 2. The van der Waals surface area contributed by atoms with E-state index in [4.69, 9.17) is 0 Å². The summed E-state index contributed by atoms with van der Waals surface area (Å²) in [7, 11) is 0. The lowest BCUT2D eigenvalue weighted by Crippen LogP contribution is -2.32. The summed E-state index contributed by atoms with van der Waals surface area (Å²) in [6.07, 6.45) is 2.63. The van der Waals surface area contributed by atoms with Gasteiger partial charge in [0.1, 0.15) is 6.04 Å². The second-order valence-corrected chi connectivity index (χ2v) is 5.59. The van der Waals surface area contributed by atoms with Crippen molar-refractivity contribution in [3.05, 3.63) is 16.1 Å². The minimum Gasteiger partial charge on any atom is -0.312 e. The van der Waals surface area contributed by atoms with Gasteiger partial charge in [-0.1, -0.05) is 6.92 Å². The summed E-state index contributed by atoms with van der Waals surface area (Å²) in [5.41, 5.74) is 0.819. The molecule has 3 rings (SSSR count).